The second-order valence-electron chi connectivity index (χ2n) is 7.42. The van der Waals surface area contributed by atoms with Gasteiger partial charge in [0, 0.05) is 26.6 Å². The van der Waals surface area contributed by atoms with Gasteiger partial charge >= 0.3 is 5.97 Å². The van der Waals surface area contributed by atoms with Crippen molar-refractivity contribution in [3.63, 3.8) is 0 Å². The number of anilines is 2. The number of nitrogen functional groups attached to an aromatic ring is 1. The van der Waals surface area contributed by atoms with Crippen LogP contribution in [0.3, 0.4) is 0 Å². The van der Waals surface area contributed by atoms with Crippen molar-refractivity contribution in [1.82, 2.24) is 24.5 Å². The highest BCUT2D eigenvalue weighted by atomic mass is 16.5. The van der Waals surface area contributed by atoms with E-state index in [1.165, 1.54) is 0 Å². The van der Waals surface area contributed by atoms with Crippen molar-refractivity contribution >= 4 is 28.8 Å². The molecule has 30 heavy (non-hydrogen) atoms. The molecule has 0 aliphatic heterocycles. The van der Waals surface area contributed by atoms with Gasteiger partial charge in [0.15, 0.2) is 12.4 Å². The fourth-order valence-electron chi connectivity index (χ4n) is 3.20. The van der Waals surface area contributed by atoms with Crippen LogP contribution in [0.25, 0.3) is 10.9 Å². The quantitative estimate of drug-likeness (QED) is 0.573. The molecule has 2 heterocycles. The fourth-order valence-corrected chi connectivity index (χ4v) is 3.20. The summed E-state index contributed by atoms with van der Waals surface area (Å²) in [6, 6.07) is 7.43. The molecule has 0 spiro atoms. The molecule has 2 aromatic heterocycles. The lowest BCUT2D eigenvalue weighted by molar-refractivity contribution is -0.145. The zero-order valence-corrected chi connectivity index (χ0v) is 16.9. The van der Waals surface area contributed by atoms with Crippen molar-refractivity contribution in [1.29, 1.82) is 0 Å². The molecule has 0 amide bonds. The average Bonchev–Trinajstić information content (AvgIpc) is 3.55. The number of fused-ring (bicyclic) bond motifs is 1. The van der Waals surface area contributed by atoms with E-state index in [0.717, 1.165) is 12.8 Å². The lowest BCUT2D eigenvalue weighted by Gasteiger charge is -2.13. The van der Waals surface area contributed by atoms with Crippen LogP contribution in [0.5, 0.6) is 0 Å². The predicted octanol–water partition coefficient (Wildman–Crippen LogP) is 1.24. The van der Waals surface area contributed by atoms with E-state index >= 15 is 0 Å². The molecule has 3 aromatic rings. The van der Waals surface area contributed by atoms with Gasteiger partial charge in [-0.3, -0.25) is 14.2 Å². The van der Waals surface area contributed by atoms with Crippen molar-refractivity contribution in [2.24, 2.45) is 0 Å². The number of carbonyl (C=O) groups excluding carboxylic acids is 1. The Balaban J connectivity index is 1.45. The Morgan fingerprint density at radius 3 is 2.70 bits per heavy atom. The van der Waals surface area contributed by atoms with Gasteiger partial charge in [-0.25, -0.2) is 4.98 Å². The molecule has 2 N–H and O–H groups in total. The van der Waals surface area contributed by atoms with Gasteiger partial charge in [0.25, 0.3) is 5.56 Å². The third-order valence-corrected chi connectivity index (χ3v) is 4.80. The lowest BCUT2D eigenvalue weighted by atomic mass is 10.2. The highest BCUT2D eigenvalue weighted by Crippen LogP contribution is 2.34. The van der Waals surface area contributed by atoms with Crippen LogP contribution in [-0.2, 0) is 22.6 Å². The number of benzene rings is 1. The van der Waals surface area contributed by atoms with Crippen LogP contribution in [0.2, 0.25) is 0 Å². The normalized spacial score (nSPS) is 13.4. The van der Waals surface area contributed by atoms with Gasteiger partial charge in [0.2, 0.25) is 11.9 Å². The van der Waals surface area contributed by atoms with Crippen LogP contribution in [0.1, 0.15) is 37.0 Å². The Labute approximate surface area is 172 Å². The van der Waals surface area contributed by atoms with Crippen LogP contribution < -0.4 is 16.2 Å². The van der Waals surface area contributed by atoms with Crippen LogP contribution in [0.4, 0.5) is 11.9 Å². The number of nitrogens with two attached hydrogens (primary N) is 1. The minimum atomic E-state index is -0.426. The van der Waals surface area contributed by atoms with Gasteiger partial charge in [-0.2, -0.15) is 15.0 Å². The molecule has 0 radical (unpaired) electrons. The molecule has 10 heteroatoms. The molecular formula is C20H23N7O3. The van der Waals surface area contributed by atoms with Gasteiger partial charge < -0.3 is 15.4 Å². The summed E-state index contributed by atoms with van der Waals surface area (Å²) in [4.78, 5) is 43.7. The van der Waals surface area contributed by atoms with Gasteiger partial charge in [0.05, 0.1) is 17.3 Å². The summed E-state index contributed by atoms with van der Waals surface area (Å²) in [6.07, 6.45) is 2.31. The number of aryl methyl sites for hydroxylation is 1. The van der Waals surface area contributed by atoms with Crippen molar-refractivity contribution in [3.8, 4) is 0 Å². The van der Waals surface area contributed by atoms with E-state index in [4.69, 9.17) is 10.5 Å². The molecule has 4 rings (SSSR count). The monoisotopic (exact) mass is 409 g/mol. The summed E-state index contributed by atoms with van der Waals surface area (Å²) in [6.45, 7) is -0.104. The van der Waals surface area contributed by atoms with Crippen LogP contribution in [-0.4, -0.2) is 44.6 Å². The predicted molar refractivity (Wildman–Crippen MR) is 111 cm³/mol. The summed E-state index contributed by atoms with van der Waals surface area (Å²) in [7, 11) is 3.56. The van der Waals surface area contributed by atoms with Crippen LogP contribution in [0, 0.1) is 0 Å². The molecule has 0 bridgehead atoms. The van der Waals surface area contributed by atoms with E-state index < -0.39 is 5.97 Å². The van der Waals surface area contributed by atoms with Crippen molar-refractivity contribution in [3.05, 3.63) is 46.3 Å². The first kappa shape index (κ1) is 19.7. The minimum Gasteiger partial charge on any atom is -0.457 e. The number of para-hydroxylation sites is 1. The Hall–Kier alpha value is -3.56. The van der Waals surface area contributed by atoms with Crippen LogP contribution in [0.15, 0.2) is 29.1 Å². The van der Waals surface area contributed by atoms with Crippen LogP contribution >= 0.6 is 0 Å². The number of rotatable bonds is 7. The van der Waals surface area contributed by atoms with Gasteiger partial charge in [-0.15, -0.1) is 0 Å². The molecule has 10 nitrogen and oxygen atoms in total. The minimum absolute atomic E-state index is 0.0525. The van der Waals surface area contributed by atoms with E-state index in [-0.39, 0.29) is 36.4 Å². The van der Waals surface area contributed by atoms with Crippen molar-refractivity contribution in [2.75, 3.05) is 24.7 Å². The second kappa shape index (κ2) is 8.05. The van der Waals surface area contributed by atoms with E-state index in [1.807, 2.05) is 18.2 Å². The number of hydrogen-bond acceptors (Lipinski definition) is 9. The molecule has 0 saturated heterocycles. The first-order valence-corrected chi connectivity index (χ1v) is 9.76. The Morgan fingerprint density at radius 1 is 1.20 bits per heavy atom. The molecule has 1 aliphatic rings. The van der Waals surface area contributed by atoms with E-state index in [2.05, 4.69) is 19.9 Å². The number of nitrogens with zero attached hydrogens (tertiary/aromatic N) is 6. The Morgan fingerprint density at radius 2 is 1.97 bits per heavy atom. The number of hydrogen-bond donors (Lipinski definition) is 1. The molecule has 1 saturated carbocycles. The standard InChI is InChI=1S/C20H23N7O3/c1-26(2)20-24-15(23-19(21)25-20)11-30-17(28)10-9-16-22-14-6-4-3-5-13(14)18(29)27(16)12-7-8-12/h3-6,12H,7-11H2,1-2H3,(H2,21,23,24,25). The second-order valence-corrected chi connectivity index (χ2v) is 7.42. The highest BCUT2D eigenvalue weighted by molar-refractivity contribution is 5.77. The van der Waals surface area contributed by atoms with Gasteiger partial charge in [0.1, 0.15) is 5.82 Å². The summed E-state index contributed by atoms with van der Waals surface area (Å²) < 4.78 is 7.02. The van der Waals surface area contributed by atoms with E-state index in [0.29, 0.717) is 29.1 Å². The average molecular weight is 409 g/mol. The largest absolute Gasteiger partial charge is 0.457 e. The Bertz CT molecular complexity index is 1150. The third-order valence-electron chi connectivity index (χ3n) is 4.80. The summed E-state index contributed by atoms with van der Waals surface area (Å²) in [5.74, 6) is 0.914. The molecule has 1 aliphatic carbocycles. The maximum absolute atomic E-state index is 12.9. The lowest BCUT2D eigenvalue weighted by Crippen LogP contribution is -2.25. The molecule has 156 valence electrons. The zero-order chi connectivity index (χ0) is 21.3. The van der Waals surface area contributed by atoms with Gasteiger partial charge in [-0.05, 0) is 25.0 Å². The topological polar surface area (TPSA) is 129 Å². The molecular weight excluding hydrogens is 386 g/mol. The molecule has 1 aromatic carbocycles. The molecule has 0 atom stereocenters. The summed E-state index contributed by atoms with van der Waals surface area (Å²) >= 11 is 0. The summed E-state index contributed by atoms with van der Waals surface area (Å²) in [5, 5.41) is 0.597. The highest BCUT2D eigenvalue weighted by Gasteiger charge is 2.28. The van der Waals surface area contributed by atoms with E-state index in [9.17, 15) is 9.59 Å². The maximum Gasteiger partial charge on any atom is 0.306 e. The van der Waals surface area contributed by atoms with Gasteiger partial charge in [-0.1, -0.05) is 12.1 Å². The smallest absolute Gasteiger partial charge is 0.306 e. The fraction of sp³-hybridized carbons (Fsp3) is 0.400. The number of esters is 1. The van der Waals surface area contributed by atoms with Crippen molar-refractivity contribution < 1.29 is 9.53 Å². The molecule has 0 unspecified atom stereocenters. The van der Waals surface area contributed by atoms with Crippen molar-refractivity contribution in [2.45, 2.75) is 38.3 Å². The number of aromatic nitrogens is 5. The van der Waals surface area contributed by atoms with E-state index in [1.54, 1.807) is 29.6 Å². The molecule has 1 fully saturated rings. The number of ether oxygens (including phenoxy) is 1. The SMILES string of the molecule is CN(C)c1nc(N)nc(COC(=O)CCc2nc3ccccc3c(=O)n2C2CC2)n1. The maximum atomic E-state index is 12.9. The summed E-state index contributed by atoms with van der Waals surface area (Å²) in [5.41, 5.74) is 6.26. The Kier molecular flexibility index (Phi) is 5.30. The zero-order valence-electron chi connectivity index (χ0n) is 16.9. The first-order valence-electron chi connectivity index (χ1n) is 9.76. The first-order chi connectivity index (χ1) is 14.4. The number of carbonyl (C=O) groups is 1. The third kappa shape index (κ3) is 4.22.